The number of aryl methyl sites for hydroxylation is 1. The number of carbonyl (C=O) groups excluding carboxylic acids is 1. The van der Waals surface area contributed by atoms with E-state index in [0.717, 1.165) is 50.6 Å². The van der Waals surface area contributed by atoms with Crippen LogP contribution in [0.4, 0.5) is 0 Å². The van der Waals surface area contributed by atoms with Gasteiger partial charge in [0.25, 0.3) is 5.91 Å². The van der Waals surface area contributed by atoms with Crippen LogP contribution in [-0.4, -0.2) is 57.2 Å². The first kappa shape index (κ1) is 19.1. The Morgan fingerprint density at radius 3 is 2.71 bits per heavy atom. The van der Waals surface area contributed by atoms with E-state index >= 15 is 0 Å². The molecule has 1 saturated carbocycles. The molecule has 2 aliphatic rings. The van der Waals surface area contributed by atoms with Gasteiger partial charge in [0, 0.05) is 39.0 Å². The van der Waals surface area contributed by atoms with Crippen molar-refractivity contribution in [2.24, 2.45) is 17.8 Å². The standard InChI is InChI=1S/C20H30N6O2/c1-5-17-13(7-9-28-17)19(27)21-10-14-15-11-25(12-16(14)15)8-6-18-22-24-26(23-18)20(2,3)4/h7,9,14-16H,5-6,8,10-12H2,1-4H3,(H,21,27). The molecule has 0 bridgehead atoms. The normalized spacial score (nSPS) is 24.4. The van der Waals surface area contributed by atoms with E-state index in [-0.39, 0.29) is 11.4 Å². The zero-order valence-corrected chi connectivity index (χ0v) is 17.2. The Bertz CT molecular complexity index is 824. The van der Waals surface area contributed by atoms with E-state index in [1.54, 1.807) is 17.1 Å². The second-order valence-corrected chi connectivity index (χ2v) is 8.99. The summed E-state index contributed by atoms with van der Waals surface area (Å²) in [5.41, 5.74) is 0.540. The van der Waals surface area contributed by atoms with Gasteiger partial charge in [-0.2, -0.15) is 4.80 Å². The molecule has 2 aromatic rings. The summed E-state index contributed by atoms with van der Waals surface area (Å²) in [6.45, 7) is 12.1. The third-order valence-electron chi connectivity index (χ3n) is 5.96. The summed E-state index contributed by atoms with van der Waals surface area (Å²) in [4.78, 5) is 16.5. The predicted molar refractivity (Wildman–Crippen MR) is 104 cm³/mol. The third kappa shape index (κ3) is 3.83. The summed E-state index contributed by atoms with van der Waals surface area (Å²) in [5, 5.41) is 15.9. The SMILES string of the molecule is CCc1occc1C(=O)NCC1C2CN(CCc3nnn(C(C)(C)C)n3)CC12. The summed E-state index contributed by atoms with van der Waals surface area (Å²) >= 11 is 0. The van der Waals surface area contributed by atoms with E-state index in [0.29, 0.717) is 23.3 Å². The lowest BCUT2D eigenvalue weighted by Gasteiger charge is -2.18. The third-order valence-corrected chi connectivity index (χ3v) is 5.96. The second-order valence-electron chi connectivity index (χ2n) is 8.99. The van der Waals surface area contributed by atoms with Gasteiger partial charge in [-0.3, -0.25) is 4.79 Å². The van der Waals surface area contributed by atoms with Gasteiger partial charge in [-0.25, -0.2) is 0 Å². The first-order valence-electron chi connectivity index (χ1n) is 10.2. The molecule has 1 saturated heterocycles. The zero-order chi connectivity index (χ0) is 19.9. The molecular weight excluding hydrogens is 356 g/mol. The highest BCUT2D eigenvalue weighted by molar-refractivity contribution is 5.95. The van der Waals surface area contributed by atoms with E-state index in [2.05, 4.69) is 46.4 Å². The van der Waals surface area contributed by atoms with Crippen LogP contribution in [0.25, 0.3) is 0 Å². The van der Waals surface area contributed by atoms with E-state index in [9.17, 15) is 4.79 Å². The molecule has 2 aromatic heterocycles. The van der Waals surface area contributed by atoms with Crippen LogP contribution in [0.3, 0.4) is 0 Å². The zero-order valence-electron chi connectivity index (χ0n) is 17.2. The van der Waals surface area contributed by atoms with Crippen LogP contribution in [0.1, 0.15) is 49.6 Å². The Labute approximate surface area is 165 Å². The van der Waals surface area contributed by atoms with Crippen molar-refractivity contribution in [3.05, 3.63) is 29.5 Å². The Morgan fingerprint density at radius 2 is 2.07 bits per heavy atom. The Kier molecular flexibility index (Phi) is 4.99. The average Bonchev–Trinajstić information content (AvgIpc) is 3.16. The van der Waals surface area contributed by atoms with Crippen molar-refractivity contribution >= 4 is 5.91 Å². The lowest BCUT2D eigenvalue weighted by atomic mass is 10.1. The van der Waals surface area contributed by atoms with Crippen molar-refractivity contribution < 1.29 is 9.21 Å². The summed E-state index contributed by atoms with van der Waals surface area (Å²) in [6.07, 6.45) is 3.15. The number of hydrogen-bond donors (Lipinski definition) is 1. The van der Waals surface area contributed by atoms with E-state index in [1.165, 1.54) is 0 Å². The van der Waals surface area contributed by atoms with E-state index in [4.69, 9.17) is 4.42 Å². The molecule has 0 spiro atoms. The van der Waals surface area contributed by atoms with Gasteiger partial charge >= 0.3 is 0 Å². The molecule has 3 heterocycles. The first-order chi connectivity index (χ1) is 13.4. The summed E-state index contributed by atoms with van der Waals surface area (Å²) in [5.74, 6) is 3.57. The van der Waals surface area contributed by atoms with E-state index < -0.39 is 0 Å². The lowest BCUT2D eigenvalue weighted by Crippen LogP contribution is -2.31. The van der Waals surface area contributed by atoms with Crippen LogP contribution in [0.15, 0.2) is 16.7 Å². The molecular formula is C20H30N6O2. The van der Waals surface area contributed by atoms with Gasteiger partial charge < -0.3 is 14.6 Å². The van der Waals surface area contributed by atoms with Gasteiger partial charge in [-0.15, -0.1) is 10.2 Å². The molecule has 8 nitrogen and oxygen atoms in total. The quantitative estimate of drug-likeness (QED) is 0.780. The van der Waals surface area contributed by atoms with Crippen LogP contribution in [-0.2, 0) is 18.4 Å². The fraction of sp³-hybridized carbons (Fsp3) is 0.700. The monoisotopic (exact) mass is 386 g/mol. The molecule has 0 aromatic carbocycles. The van der Waals surface area contributed by atoms with Crippen LogP contribution < -0.4 is 5.32 Å². The number of hydrogen-bond acceptors (Lipinski definition) is 6. The minimum absolute atomic E-state index is 0.0135. The van der Waals surface area contributed by atoms with Crippen LogP contribution >= 0.6 is 0 Å². The number of furan rings is 1. The Balaban J connectivity index is 1.19. The van der Waals surface area contributed by atoms with Crippen LogP contribution in [0, 0.1) is 17.8 Å². The molecule has 1 N–H and O–H groups in total. The minimum atomic E-state index is -0.132. The molecule has 8 heteroatoms. The molecule has 152 valence electrons. The Morgan fingerprint density at radius 1 is 1.32 bits per heavy atom. The predicted octanol–water partition coefficient (Wildman–Crippen LogP) is 1.73. The fourth-order valence-electron chi connectivity index (χ4n) is 4.23. The number of likely N-dealkylation sites (tertiary alicyclic amines) is 1. The second kappa shape index (κ2) is 7.31. The van der Waals surface area contributed by atoms with Crippen molar-refractivity contribution in [3.63, 3.8) is 0 Å². The number of nitrogens with one attached hydrogen (secondary N) is 1. The molecule has 2 fully saturated rings. The number of nitrogens with zero attached hydrogens (tertiary/aromatic N) is 5. The molecule has 2 atom stereocenters. The van der Waals surface area contributed by atoms with Crippen molar-refractivity contribution in [2.45, 2.75) is 46.1 Å². The maximum atomic E-state index is 12.3. The molecule has 4 rings (SSSR count). The van der Waals surface area contributed by atoms with Crippen molar-refractivity contribution in [1.29, 1.82) is 0 Å². The number of tetrazole rings is 1. The maximum absolute atomic E-state index is 12.3. The first-order valence-corrected chi connectivity index (χ1v) is 10.2. The highest BCUT2D eigenvalue weighted by Gasteiger charge is 2.55. The highest BCUT2D eigenvalue weighted by atomic mass is 16.3. The number of carbonyl (C=O) groups is 1. The van der Waals surface area contributed by atoms with Gasteiger partial charge in [0.2, 0.25) is 0 Å². The Hall–Kier alpha value is -2.22. The molecule has 0 radical (unpaired) electrons. The van der Waals surface area contributed by atoms with E-state index in [1.807, 2.05) is 6.92 Å². The topological polar surface area (TPSA) is 89.1 Å². The van der Waals surface area contributed by atoms with Crippen molar-refractivity contribution in [3.8, 4) is 0 Å². The van der Waals surface area contributed by atoms with Gasteiger partial charge in [0.05, 0.1) is 17.4 Å². The van der Waals surface area contributed by atoms with Crippen molar-refractivity contribution in [2.75, 3.05) is 26.2 Å². The molecule has 1 amide bonds. The van der Waals surface area contributed by atoms with Crippen molar-refractivity contribution in [1.82, 2.24) is 30.4 Å². The van der Waals surface area contributed by atoms with Crippen LogP contribution in [0.2, 0.25) is 0 Å². The summed E-state index contributed by atoms with van der Waals surface area (Å²) in [7, 11) is 0. The van der Waals surface area contributed by atoms with Gasteiger partial charge in [0.15, 0.2) is 5.82 Å². The van der Waals surface area contributed by atoms with Gasteiger partial charge in [-0.1, -0.05) is 6.92 Å². The highest BCUT2D eigenvalue weighted by Crippen LogP contribution is 2.51. The van der Waals surface area contributed by atoms with Crippen LogP contribution in [0.5, 0.6) is 0 Å². The lowest BCUT2D eigenvalue weighted by molar-refractivity contribution is 0.0947. The average molecular weight is 387 g/mol. The number of amides is 1. The molecule has 1 aliphatic heterocycles. The number of rotatable bonds is 7. The number of piperidine rings is 1. The maximum Gasteiger partial charge on any atom is 0.254 e. The smallest absolute Gasteiger partial charge is 0.254 e. The minimum Gasteiger partial charge on any atom is -0.469 e. The largest absolute Gasteiger partial charge is 0.469 e. The number of fused-ring (bicyclic) bond motifs is 1. The molecule has 1 aliphatic carbocycles. The summed E-state index contributed by atoms with van der Waals surface area (Å²) < 4.78 is 5.35. The number of aromatic nitrogens is 4. The summed E-state index contributed by atoms with van der Waals surface area (Å²) in [6, 6.07) is 1.76. The van der Waals surface area contributed by atoms with Gasteiger partial charge in [-0.05, 0) is 49.8 Å². The molecule has 2 unspecified atom stereocenters. The molecule has 28 heavy (non-hydrogen) atoms. The fourth-order valence-corrected chi connectivity index (χ4v) is 4.23. The van der Waals surface area contributed by atoms with Gasteiger partial charge in [0.1, 0.15) is 5.76 Å².